The van der Waals surface area contributed by atoms with Crippen LogP contribution in [-0.2, 0) is 6.54 Å². The third-order valence-electron chi connectivity index (χ3n) is 2.41. The number of benzene rings is 1. The molecule has 3 nitrogen and oxygen atoms in total. The molecule has 0 saturated heterocycles. The Bertz CT molecular complexity index is 374. The summed E-state index contributed by atoms with van der Waals surface area (Å²) in [6.45, 7) is 3.56. The Morgan fingerprint density at radius 3 is 2.28 bits per heavy atom. The van der Waals surface area contributed by atoms with Crippen LogP contribution in [0.5, 0.6) is 0 Å². The molecule has 102 valence electrons. The van der Waals surface area contributed by atoms with Gasteiger partial charge in [0, 0.05) is 29.7 Å². The summed E-state index contributed by atoms with van der Waals surface area (Å²) < 4.78 is 0. The van der Waals surface area contributed by atoms with Gasteiger partial charge in [-0.1, -0.05) is 23.2 Å². The summed E-state index contributed by atoms with van der Waals surface area (Å²) in [5.74, 6) is 0. The van der Waals surface area contributed by atoms with Crippen molar-refractivity contribution >= 4 is 23.2 Å². The van der Waals surface area contributed by atoms with E-state index in [0.29, 0.717) is 29.7 Å². The first-order chi connectivity index (χ1) is 8.28. The van der Waals surface area contributed by atoms with E-state index in [1.807, 2.05) is 38.1 Å². The zero-order valence-electron chi connectivity index (χ0n) is 11.0. The number of nitrogens with one attached hydrogen (secondary N) is 1. The number of halogens is 2. The average molecular weight is 291 g/mol. The molecule has 2 N–H and O–H groups in total. The van der Waals surface area contributed by atoms with E-state index in [1.54, 1.807) is 6.07 Å². The fourth-order valence-electron chi connectivity index (χ4n) is 1.93. The summed E-state index contributed by atoms with van der Waals surface area (Å²) in [5.41, 5.74) is 0.249. The summed E-state index contributed by atoms with van der Waals surface area (Å²) in [6.07, 6.45) is 0. The summed E-state index contributed by atoms with van der Waals surface area (Å²) >= 11 is 11.8. The lowest BCUT2D eigenvalue weighted by Crippen LogP contribution is -2.45. The number of rotatable bonds is 6. The van der Waals surface area contributed by atoms with Crippen molar-refractivity contribution in [3.05, 3.63) is 33.8 Å². The molecule has 1 atom stereocenters. The van der Waals surface area contributed by atoms with Gasteiger partial charge in [0.05, 0.1) is 5.60 Å². The van der Waals surface area contributed by atoms with Crippen molar-refractivity contribution in [2.24, 2.45) is 0 Å². The molecule has 0 spiro atoms. The van der Waals surface area contributed by atoms with Gasteiger partial charge in [-0.15, -0.1) is 0 Å². The molecular weight excluding hydrogens is 271 g/mol. The molecule has 0 aliphatic heterocycles. The normalized spacial score (nSPS) is 14.8. The van der Waals surface area contributed by atoms with E-state index in [2.05, 4.69) is 5.32 Å². The third-order valence-corrected chi connectivity index (χ3v) is 2.85. The van der Waals surface area contributed by atoms with Crippen LogP contribution in [0, 0.1) is 0 Å². The lowest BCUT2D eigenvalue weighted by molar-refractivity contribution is 0.0336. The zero-order chi connectivity index (χ0) is 13.8. The van der Waals surface area contributed by atoms with Crippen LogP contribution < -0.4 is 5.32 Å². The second-order valence-corrected chi connectivity index (χ2v) is 5.99. The van der Waals surface area contributed by atoms with Crippen LogP contribution in [0.4, 0.5) is 0 Å². The van der Waals surface area contributed by atoms with Crippen molar-refractivity contribution in [1.82, 2.24) is 10.2 Å². The first-order valence-corrected chi connectivity index (χ1v) is 6.57. The molecule has 0 fully saturated rings. The second kappa shape index (κ2) is 6.73. The minimum atomic E-state index is -0.758. The van der Waals surface area contributed by atoms with Gasteiger partial charge < -0.3 is 15.3 Å². The molecule has 0 aliphatic carbocycles. The smallest absolute Gasteiger partial charge is 0.0869 e. The van der Waals surface area contributed by atoms with Gasteiger partial charge in [0.25, 0.3) is 0 Å². The highest BCUT2D eigenvalue weighted by Gasteiger charge is 2.20. The molecule has 0 aromatic heterocycles. The second-order valence-electron chi connectivity index (χ2n) is 5.12. The topological polar surface area (TPSA) is 35.5 Å². The van der Waals surface area contributed by atoms with Gasteiger partial charge >= 0.3 is 0 Å². The van der Waals surface area contributed by atoms with Gasteiger partial charge in [0.15, 0.2) is 0 Å². The van der Waals surface area contributed by atoms with Crippen molar-refractivity contribution in [2.45, 2.75) is 19.1 Å². The van der Waals surface area contributed by atoms with E-state index in [4.69, 9.17) is 23.2 Å². The highest BCUT2D eigenvalue weighted by molar-refractivity contribution is 6.34. The van der Waals surface area contributed by atoms with Gasteiger partial charge in [-0.25, -0.2) is 0 Å². The number of hydrogen-bond acceptors (Lipinski definition) is 3. The molecule has 0 heterocycles. The van der Waals surface area contributed by atoms with Gasteiger partial charge in [0.1, 0.15) is 0 Å². The molecule has 1 aromatic rings. The van der Waals surface area contributed by atoms with E-state index >= 15 is 0 Å². The van der Waals surface area contributed by atoms with E-state index in [1.165, 1.54) is 0 Å². The van der Waals surface area contributed by atoms with Crippen molar-refractivity contribution in [3.63, 3.8) is 0 Å². The summed E-state index contributed by atoms with van der Waals surface area (Å²) in [4.78, 5) is 1.96. The maximum atomic E-state index is 10.1. The van der Waals surface area contributed by atoms with Crippen LogP contribution in [0.2, 0.25) is 10.0 Å². The van der Waals surface area contributed by atoms with E-state index in [0.717, 1.165) is 5.56 Å². The van der Waals surface area contributed by atoms with E-state index < -0.39 is 5.60 Å². The SMILES string of the molecule is CN(C)CC(C)(O)CNCc1cc(Cl)cc(Cl)c1. The molecule has 0 amide bonds. The molecule has 0 bridgehead atoms. The largest absolute Gasteiger partial charge is 0.388 e. The van der Waals surface area contributed by atoms with Crippen molar-refractivity contribution in [1.29, 1.82) is 0 Å². The maximum Gasteiger partial charge on any atom is 0.0869 e. The molecular formula is C13H20Cl2N2O. The average Bonchev–Trinajstić information content (AvgIpc) is 2.12. The first kappa shape index (κ1) is 15.7. The van der Waals surface area contributed by atoms with Crippen LogP contribution >= 0.6 is 23.2 Å². The predicted molar refractivity (Wildman–Crippen MR) is 77.3 cm³/mol. The Labute approximate surface area is 119 Å². The van der Waals surface area contributed by atoms with Crippen LogP contribution in [-0.4, -0.2) is 42.8 Å². The Balaban J connectivity index is 2.46. The van der Waals surface area contributed by atoms with Gasteiger partial charge in [0.2, 0.25) is 0 Å². The van der Waals surface area contributed by atoms with Crippen LogP contribution in [0.15, 0.2) is 18.2 Å². The highest BCUT2D eigenvalue weighted by atomic mass is 35.5. The Hall–Kier alpha value is -0.320. The predicted octanol–water partition coefficient (Wildman–Crippen LogP) is 2.40. The molecule has 0 aliphatic rings. The number of likely N-dealkylation sites (N-methyl/N-ethyl adjacent to an activating group) is 1. The first-order valence-electron chi connectivity index (χ1n) is 5.81. The Morgan fingerprint density at radius 2 is 1.78 bits per heavy atom. The van der Waals surface area contributed by atoms with Crippen molar-refractivity contribution < 1.29 is 5.11 Å². The van der Waals surface area contributed by atoms with Crippen LogP contribution in [0.1, 0.15) is 12.5 Å². The lowest BCUT2D eigenvalue weighted by atomic mass is 10.1. The van der Waals surface area contributed by atoms with E-state index in [9.17, 15) is 5.11 Å². The maximum absolute atomic E-state index is 10.1. The minimum absolute atomic E-state index is 0.509. The monoisotopic (exact) mass is 290 g/mol. The number of aliphatic hydroxyl groups is 1. The third kappa shape index (κ3) is 6.03. The number of nitrogens with zero attached hydrogens (tertiary/aromatic N) is 1. The van der Waals surface area contributed by atoms with Gasteiger partial charge in [-0.3, -0.25) is 0 Å². The standard InChI is InChI=1S/C13H20Cl2N2O/c1-13(18,9-17(2)3)8-16-7-10-4-11(14)6-12(15)5-10/h4-6,16,18H,7-9H2,1-3H3. The van der Waals surface area contributed by atoms with Crippen LogP contribution in [0.3, 0.4) is 0 Å². The Morgan fingerprint density at radius 1 is 1.22 bits per heavy atom. The Kier molecular flexibility index (Phi) is 5.89. The van der Waals surface area contributed by atoms with E-state index in [-0.39, 0.29) is 0 Å². The van der Waals surface area contributed by atoms with Crippen molar-refractivity contribution in [2.75, 3.05) is 27.2 Å². The molecule has 1 aromatic carbocycles. The fraction of sp³-hybridized carbons (Fsp3) is 0.538. The minimum Gasteiger partial charge on any atom is -0.388 e. The highest BCUT2D eigenvalue weighted by Crippen LogP contribution is 2.18. The quantitative estimate of drug-likeness (QED) is 0.845. The molecule has 18 heavy (non-hydrogen) atoms. The molecule has 0 radical (unpaired) electrons. The molecule has 5 heteroatoms. The van der Waals surface area contributed by atoms with Crippen LogP contribution in [0.25, 0.3) is 0 Å². The zero-order valence-corrected chi connectivity index (χ0v) is 12.5. The fourth-order valence-corrected chi connectivity index (χ4v) is 2.50. The molecule has 1 rings (SSSR count). The summed E-state index contributed by atoms with van der Waals surface area (Å²) in [6, 6.07) is 5.43. The number of hydrogen-bond donors (Lipinski definition) is 2. The summed E-state index contributed by atoms with van der Waals surface area (Å²) in [7, 11) is 3.87. The van der Waals surface area contributed by atoms with Crippen molar-refractivity contribution in [3.8, 4) is 0 Å². The lowest BCUT2D eigenvalue weighted by Gasteiger charge is -2.27. The molecule has 0 saturated carbocycles. The van der Waals surface area contributed by atoms with Gasteiger partial charge in [-0.2, -0.15) is 0 Å². The summed E-state index contributed by atoms with van der Waals surface area (Å²) in [5, 5.41) is 14.6. The van der Waals surface area contributed by atoms with Gasteiger partial charge in [-0.05, 0) is 44.8 Å². The molecule has 1 unspecified atom stereocenters.